The minimum Gasteiger partial charge on any atom is -0.361 e. The second-order valence-corrected chi connectivity index (χ2v) is 7.56. The monoisotopic (exact) mass is 449 g/mol. The molecule has 6 nitrogen and oxygen atoms in total. The van der Waals surface area contributed by atoms with Gasteiger partial charge >= 0.3 is 6.18 Å². The minimum atomic E-state index is -4.67. The zero-order valence-electron chi connectivity index (χ0n) is 17.2. The Morgan fingerprint density at radius 1 is 1.03 bits per heavy atom. The lowest BCUT2D eigenvalue weighted by molar-refractivity contribution is -0.142. The Morgan fingerprint density at radius 3 is 2.58 bits per heavy atom. The molecule has 0 unspecified atom stereocenters. The summed E-state index contributed by atoms with van der Waals surface area (Å²) in [5, 5.41) is 7.69. The molecule has 0 radical (unpaired) electrons. The van der Waals surface area contributed by atoms with Gasteiger partial charge in [-0.25, -0.2) is 9.50 Å². The summed E-state index contributed by atoms with van der Waals surface area (Å²) in [5.74, 6) is -0.560. The summed E-state index contributed by atoms with van der Waals surface area (Å²) >= 11 is 0. The fraction of sp³-hybridized carbons (Fsp3) is 0.125. The smallest absolute Gasteiger partial charge is 0.361 e. The van der Waals surface area contributed by atoms with Gasteiger partial charge in [-0.15, -0.1) is 0 Å². The molecule has 1 amide bonds. The molecule has 0 saturated carbocycles. The Labute approximate surface area is 186 Å². The van der Waals surface area contributed by atoms with Crippen molar-refractivity contribution in [2.75, 3.05) is 6.54 Å². The molecular weight excluding hydrogens is 431 g/mol. The molecule has 0 fully saturated rings. The van der Waals surface area contributed by atoms with E-state index in [1.54, 1.807) is 30.3 Å². The van der Waals surface area contributed by atoms with Crippen molar-refractivity contribution in [3.8, 4) is 11.3 Å². The normalized spacial score (nSPS) is 11.8. The summed E-state index contributed by atoms with van der Waals surface area (Å²) in [6, 6.07) is 18.6. The number of H-pyrrole nitrogens is 1. The predicted molar refractivity (Wildman–Crippen MR) is 118 cm³/mol. The highest BCUT2D eigenvalue weighted by Gasteiger charge is 2.35. The Hall–Kier alpha value is -4.14. The SMILES string of the molecule is O=C(NCCc1c[nH]c2ccccc12)c1cc2nc(-c3ccccc3)cc(C(F)(F)F)n2n1. The van der Waals surface area contributed by atoms with Crippen LogP contribution in [-0.2, 0) is 12.6 Å². The third-order valence-electron chi connectivity index (χ3n) is 5.37. The quantitative estimate of drug-likeness (QED) is 0.402. The lowest BCUT2D eigenvalue weighted by Gasteiger charge is -2.10. The molecule has 9 heteroatoms. The Balaban J connectivity index is 1.40. The van der Waals surface area contributed by atoms with Gasteiger partial charge < -0.3 is 10.3 Å². The van der Waals surface area contributed by atoms with Gasteiger partial charge in [-0.3, -0.25) is 4.79 Å². The van der Waals surface area contributed by atoms with Crippen LogP contribution in [0.1, 0.15) is 21.7 Å². The maximum absolute atomic E-state index is 13.7. The summed E-state index contributed by atoms with van der Waals surface area (Å²) < 4.78 is 41.8. The largest absolute Gasteiger partial charge is 0.433 e. The van der Waals surface area contributed by atoms with Gasteiger partial charge in [0.05, 0.1) is 5.69 Å². The van der Waals surface area contributed by atoms with E-state index in [1.165, 1.54) is 6.07 Å². The highest BCUT2D eigenvalue weighted by molar-refractivity contribution is 5.93. The van der Waals surface area contributed by atoms with Gasteiger partial charge in [-0.05, 0) is 24.1 Å². The molecule has 0 atom stereocenters. The van der Waals surface area contributed by atoms with E-state index in [9.17, 15) is 18.0 Å². The first-order chi connectivity index (χ1) is 15.9. The molecule has 3 heterocycles. The molecule has 5 rings (SSSR count). The highest BCUT2D eigenvalue weighted by atomic mass is 19.4. The second kappa shape index (κ2) is 8.09. The lowest BCUT2D eigenvalue weighted by atomic mass is 10.1. The van der Waals surface area contributed by atoms with Crippen molar-refractivity contribution in [2.24, 2.45) is 0 Å². The van der Waals surface area contributed by atoms with E-state index in [0.717, 1.165) is 22.5 Å². The first-order valence-corrected chi connectivity index (χ1v) is 10.3. The van der Waals surface area contributed by atoms with Crippen LogP contribution in [0.25, 0.3) is 27.8 Å². The number of alkyl halides is 3. The van der Waals surface area contributed by atoms with Gasteiger partial charge in [0.15, 0.2) is 17.0 Å². The molecule has 166 valence electrons. The van der Waals surface area contributed by atoms with Gasteiger partial charge in [0.2, 0.25) is 0 Å². The molecule has 0 aliphatic rings. The number of carbonyl (C=O) groups is 1. The van der Waals surface area contributed by atoms with E-state index in [2.05, 4.69) is 20.4 Å². The van der Waals surface area contributed by atoms with Crippen LogP contribution in [0.4, 0.5) is 13.2 Å². The number of fused-ring (bicyclic) bond motifs is 2. The van der Waals surface area contributed by atoms with Crippen LogP contribution in [0.15, 0.2) is 72.9 Å². The molecule has 0 saturated heterocycles. The van der Waals surface area contributed by atoms with Crippen LogP contribution in [0.2, 0.25) is 0 Å². The summed E-state index contributed by atoms with van der Waals surface area (Å²) in [6.07, 6.45) is -2.22. The lowest BCUT2D eigenvalue weighted by Crippen LogP contribution is -2.26. The van der Waals surface area contributed by atoms with E-state index in [4.69, 9.17) is 0 Å². The molecule has 0 bridgehead atoms. The van der Waals surface area contributed by atoms with Gasteiger partial charge in [0, 0.05) is 35.3 Å². The standard InChI is InChI=1S/C24H18F3N5O/c25-24(26,27)21-12-19(15-6-2-1-3-7-15)30-22-13-20(31-32(21)22)23(33)28-11-10-16-14-29-18-9-5-4-8-17(16)18/h1-9,12-14,29H,10-11H2,(H,28,33). The molecule has 2 N–H and O–H groups in total. The maximum atomic E-state index is 13.7. The summed E-state index contributed by atoms with van der Waals surface area (Å²) in [7, 11) is 0. The van der Waals surface area contributed by atoms with Crippen molar-refractivity contribution in [3.05, 3.63) is 89.9 Å². The Morgan fingerprint density at radius 2 is 1.79 bits per heavy atom. The van der Waals surface area contributed by atoms with Crippen molar-refractivity contribution < 1.29 is 18.0 Å². The van der Waals surface area contributed by atoms with E-state index in [-0.39, 0.29) is 17.0 Å². The van der Waals surface area contributed by atoms with Crippen LogP contribution in [0, 0.1) is 0 Å². The number of para-hydroxylation sites is 1. The van der Waals surface area contributed by atoms with E-state index >= 15 is 0 Å². The van der Waals surface area contributed by atoms with Crippen LogP contribution in [0.3, 0.4) is 0 Å². The van der Waals surface area contributed by atoms with E-state index < -0.39 is 17.8 Å². The van der Waals surface area contributed by atoms with Crippen LogP contribution in [0.5, 0.6) is 0 Å². The van der Waals surface area contributed by atoms with Gasteiger partial charge in [-0.1, -0.05) is 48.5 Å². The number of rotatable bonds is 5. The van der Waals surface area contributed by atoms with Crippen molar-refractivity contribution in [3.63, 3.8) is 0 Å². The number of carbonyl (C=O) groups excluding carboxylic acids is 1. The Bertz CT molecular complexity index is 1450. The van der Waals surface area contributed by atoms with E-state index in [0.29, 0.717) is 23.0 Å². The second-order valence-electron chi connectivity index (χ2n) is 7.56. The fourth-order valence-corrected chi connectivity index (χ4v) is 3.78. The van der Waals surface area contributed by atoms with Crippen molar-refractivity contribution in [1.82, 2.24) is 24.9 Å². The molecule has 0 spiro atoms. The van der Waals surface area contributed by atoms with E-state index in [1.807, 2.05) is 30.5 Å². The van der Waals surface area contributed by atoms with Crippen molar-refractivity contribution >= 4 is 22.5 Å². The Kier molecular flexibility index (Phi) is 5.08. The topological polar surface area (TPSA) is 75.1 Å². The number of aromatic nitrogens is 4. The highest BCUT2D eigenvalue weighted by Crippen LogP contribution is 2.32. The number of nitrogens with zero attached hydrogens (tertiary/aromatic N) is 3. The minimum absolute atomic E-state index is 0.0505. The molecule has 3 aromatic heterocycles. The molecule has 0 aliphatic carbocycles. The summed E-state index contributed by atoms with van der Waals surface area (Å²) in [6.45, 7) is 0.309. The van der Waals surface area contributed by atoms with Crippen LogP contribution in [-0.4, -0.2) is 32.0 Å². The third-order valence-corrected chi connectivity index (χ3v) is 5.37. The molecule has 33 heavy (non-hydrogen) atoms. The van der Waals surface area contributed by atoms with Crippen molar-refractivity contribution in [2.45, 2.75) is 12.6 Å². The molecule has 5 aromatic rings. The number of halogens is 3. The van der Waals surface area contributed by atoms with Gasteiger partial charge in [-0.2, -0.15) is 18.3 Å². The predicted octanol–water partition coefficient (Wildman–Crippen LogP) is 4.87. The number of aromatic amines is 1. The average Bonchev–Trinajstić information content (AvgIpc) is 3.43. The molecular formula is C24H18F3N5O. The van der Waals surface area contributed by atoms with Crippen LogP contribution >= 0.6 is 0 Å². The van der Waals surface area contributed by atoms with Gasteiger partial charge in [0.25, 0.3) is 5.91 Å². The first kappa shape index (κ1) is 20.7. The first-order valence-electron chi connectivity index (χ1n) is 10.3. The zero-order chi connectivity index (χ0) is 23.0. The third kappa shape index (κ3) is 4.05. The number of nitrogens with one attached hydrogen (secondary N) is 2. The maximum Gasteiger partial charge on any atom is 0.433 e. The molecule has 0 aliphatic heterocycles. The zero-order valence-corrected chi connectivity index (χ0v) is 17.2. The van der Waals surface area contributed by atoms with Gasteiger partial charge in [0.1, 0.15) is 0 Å². The fourth-order valence-electron chi connectivity index (χ4n) is 3.78. The van der Waals surface area contributed by atoms with Crippen LogP contribution < -0.4 is 5.32 Å². The van der Waals surface area contributed by atoms with Crippen molar-refractivity contribution in [1.29, 1.82) is 0 Å². The molecule has 2 aromatic carbocycles. The average molecular weight is 449 g/mol. The summed E-state index contributed by atoms with van der Waals surface area (Å²) in [5.41, 5.74) is 1.55. The number of hydrogen-bond donors (Lipinski definition) is 2. The number of hydrogen-bond acceptors (Lipinski definition) is 3. The number of amides is 1. The number of benzene rings is 2. The summed E-state index contributed by atoms with van der Waals surface area (Å²) in [4.78, 5) is 20.1.